The first-order valence-electron chi connectivity index (χ1n) is 8.58. The molecule has 6 heteroatoms. The van der Waals surface area contributed by atoms with Gasteiger partial charge in [-0.25, -0.2) is 4.98 Å². The van der Waals surface area contributed by atoms with Crippen molar-refractivity contribution in [1.82, 2.24) is 9.55 Å². The monoisotopic (exact) mass is 348 g/mol. The van der Waals surface area contributed by atoms with Crippen LogP contribution in [0.2, 0.25) is 0 Å². The van der Waals surface area contributed by atoms with Gasteiger partial charge in [0.15, 0.2) is 0 Å². The van der Waals surface area contributed by atoms with Crippen molar-refractivity contribution in [2.75, 3.05) is 0 Å². The van der Waals surface area contributed by atoms with Gasteiger partial charge in [0.2, 0.25) is 0 Å². The van der Waals surface area contributed by atoms with E-state index in [9.17, 15) is 9.59 Å². The molecule has 2 heterocycles. The van der Waals surface area contributed by atoms with Gasteiger partial charge in [-0.3, -0.25) is 14.2 Å². The Labute approximate surface area is 145 Å². The van der Waals surface area contributed by atoms with E-state index < -0.39 is 0 Å². The lowest BCUT2D eigenvalue weighted by Crippen LogP contribution is -2.37. The maximum absolute atomic E-state index is 12.4. The molecule has 3 atom stereocenters. The molecule has 0 radical (unpaired) electrons. The normalized spacial score (nSPS) is 24.4. The molecule has 1 fully saturated rings. The first-order valence-corrected chi connectivity index (χ1v) is 9.45. The molecule has 0 saturated heterocycles. The third kappa shape index (κ3) is 3.53. The zero-order valence-electron chi connectivity index (χ0n) is 14.4. The van der Waals surface area contributed by atoms with Crippen LogP contribution < -0.4 is 5.56 Å². The van der Waals surface area contributed by atoms with Crippen LogP contribution in [0.5, 0.6) is 0 Å². The number of fused-ring (bicyclic) bond motifs is 1. The lowest BCUT2D eigenvalue weighted by atomic mass is 9.75. The van der Waals surface area contributed by atoms with Gasteiger partial charge >= 0.3 is 5.97 Å². The minimum Gasteiger partial charge on any atom is -0.461 e. The molecule has 0 aliphatic heterocycles. The molecule has 0 bridgehead atoms. The lowest BCUT2D eigenvalue weighted by molar-refractivity contribution is -0.156. The highest BCUT2D eigenvalue weighted by atomic mass is 32.1. The summed E-state index contributed by atoms with van der Waals surface area (Å²) < 4.78 is 7.11. The number of aromatic nitrogens is 2. The number of carbonyl (C=O) groups excluding carboxylic acids is 1. The molecule has 5 nitrogen and oxygen atoms in total. The molecule has 1 aliphatic rings. The summed E-state index contributed by atoms with van der Waals surface area (Å²) in [5.41, 5.74) is -0.185. The molecule has 24 heavy (non-hydrogen) atoms. The molecule has 1 aliphatic carbocycles. The van der Waals surface area contributed by atoms with Crippen molar-refractivity contribution in [2.24, 2.45) is 17.8 Å². The Morgan fingerprint density at radius 2 is 2.25 bits per heavy atom. The van der Waals surface area contributed by atoms with E-state index in [1.165, 1.54) is 28.7 Å². The second kappa shape index (κ2) is 7.05. The van der Waals surface area contributed by atoms with Crippen LogP contribution in [-0.2, 0) is 16.1 Å². The van der Waals surface area contributed by atoms with Gasteiger partial charge in [-0.15, -0.1) is 11.3 Å². The molecule has 1 saturated carbocycles. The second-order valence-electron chi connectivity index (χ2n) is 7.17. The van der Waals surface area contributed by atoms with Crippen LogP contribution in [0, 0.1) is 17.8 Å². The Bertz CT molecular complexity index is 780. The van der Waals surface area contributed by atoms with Gasteiger partial charge in [0.05, 0.1) is 11.7 Å². The van der Waals surface area contributed by atoms with Gasteiger partial charge < -0.3 is 4.74 Å². The minimum absolute atomic E-state index is 0.0465. The SMILES string of the molecule is CC(C)[C@H]1CC[C@@H](C)C[C@@H]1OC(=O)Cn1cnc2sccc2c1=O. The summed E-state index contributed by atoms with van der Waals surface area (Å²) in [4.78, 5) is 29.7. The highest BCUT2D eigenvalue weighted by molar-refractivity contribution is 7.16. The van der Waals surface area contributed by atoms with Gasteiger partial charge in [-0.2, -0.15) is 0 Å². The molecule has 0 unspecified atom stereocenters. The number of nitrogens with zero attached hydrogens (tertiary/aromatic N) is 2. The van der Waals surface area contributed by atoms with Crippen LogP contribution in [0.25, 0.3) is 10.2 Å². The smallest absolute Gasteiger partial charge is 0.326 e. The van der Waals surface area contributed by atoms with E-state index in [1.54, 1.807) is 6.07 Å². The van der Waals surface area contributed by atoms with E-state index in [0.29, 0.717) is 28.0 Å². The Kier molecular flexibility index (Phi) is 5.04. The summed E-state index contributed by atoms with van der Waals surface area (Å²) >= 11 is 1.42. The number of hydrogen-bond donors (Lipinski definition) is 0. The van der Waals surface area contributed by atoms with Crippen molar-refractivity contribution >= 4 is 27.5 Å². The van der Waals surface area contributed by atoms with Crippen molar-refractivity contribution in [2.45, 2.75) is 52.7 Å². The fourth-order valence-electron chi connectivity index (χ4n) is 3.60. The van der Waals surface area contributed by atoms with Crippen LogP contribution in [0.15, 0.2) is 22.6 Å². The molecule has 0 spiro atoms. The predicted molar refractivity (Wildman–Crippen MR) is 95.1 cm³/mol. The van der Waals surface area contributed by atoms with E-state index in [2.05, 4.69) is 25.8 Å². The quantitative estimate of drug-likeness (QED) is 0.794. The predicted octanol–water partition coefficient (Wildman–Crippen LogP) is 3.46. The number of ether oxygens (including phenoxy) is 1. The number of hydrogen-bond acceptors (Lipinski definition) is 5. The Balaban J connectivity index is 1.71. The van der Waals surface area contributed by atoms with Crippen molar-refractivity contribution in [3.63, 3.8) is 0 Å². The maximum Gasteiger partial charge on any atom is 0.326 e. The van der Waals surface area contributed by atoms with Crippen LogP contribution in [-0.4, -0.2) is 21.6 Å². The molecular formula is C18H24N2O3S. The topological polar surface area (TPSA) is 61.2 Å². The van der Waals surface area contributed by atoms with E-state index >= 15 is 0 Å². The molecule has 2 aromatic heterocycles. The summed E-state index contributed by atoms with van der Waals surface area (Å²) in [5, 5.41) is 2.39. The molecular weight excluding hydrogens is 324 g/mol. The average molecular weight is 348 g/mol. The molecule has 130 valence electrons. The van der Waals surface area contributed by atoms with Gasteiger partial charge in [-0.05, 0) is 42.0 Å². The standard InChI is InChI=1S/C18H24N2O3S/c1-11(2)13-5-4-12(3)8-15(13)23-16(21)9-20-10-19-17-14(18(20)22)6-7-24-17/h6-7,10-13,15H,4-5,8-9H2,1-3H3/t12-,13-,15+/m1/s1. The third-order valence-electron chi connectivity index (χ3n) is 4.99. The number of esters is 1. The van der Waals surface area contributed by atoms with Crippen LogP contribution in [0.3, 0.4) is 0 Å². The van der Waals surface area contributed by atoms with Crippen molar-refractivity contribution < 1.29 is 9.53 Å². The fourth-order valence-corrected chi connectivity index (χ4v) is 4.32. The van der Waals surface area contributed by atoms with Crippen LogP contribution in [0.1, 0.15) is 40.0 Å². The number of thiophene rings is 1. The molecule has 0 aromatic carbocycles. The summed E-state index contributed by atoms with van der Waals surface area (Å²) in [6.07, 6.45) is 4.58. The lowest BCUT2D eigenvalue weighted by Gasteiger charge is -2.36. The van der Waals surface area contributed by atoms with Crippen molar-refractivity contribution in [1.29, 1.82) is 0 Å². The van der Waals surface area contributed by atoms with E-state index in [-0.39, 0.29) is 24.2 Å². The third-order valence-corrected chi connectivity index (χ3v) is 5.81. The molecule has 2 aromatic rings. The molecule has 3 rings (SSSR count). The summed E-state index contributed by atoms with van der Waals surface area (Å²) in [5.74, 6) is 1.11. The Morgan fingerprint density at radius 3 is 3.00 bits per heavy atom. The average Bonchev–Trinajstić information content (AvgIpc) is 2.99. The Hall–Kier alpha value is -1.69. The van der Waals surface area contributed by atoms with Crippen LogP contribution >= 0.6 is 11.3 Å². The van der Waals surface area contributed by atoms with Crippen molar-refractivity contribution in [3.8, 4) is 0 Å². The first-order chi connectivity index (χ1) is 11.5. The minimum atomic E-state index is -0.349. The van der Waals surface area contributed by atoms with Gasteiger partial charge in [0, 0.05) is 0 Å². The van der Waals surface area contributed by atoms with E-state index in [0.717, 1.165) is 12.8 Å². The zero-order chi connectivity index (χ0) is 17.3. The molecule has 0 amide bonds. The van der Waals surface area contributed by atoms with E-state index in [4.69, 9.17) is 4.74 Å². The van der Waals surface area contributed by atoms with Gasteiger partial charge in [0.1, 0.15) is 17.5 Å². The maximum atomic E-state index is 12.4. The summed E-state index contributed by atoms with van der Waals surface area (Å²) in [6.45, 7) is 6.49. The largest absolute Gasteiger partial charge is 0.461 e. The highest BCUT2D eigenvalue weighted by Crippen LogP contribution is 2.35. The van der Waals surface area contributed by atoms with Crippen molar-refractivity contribution in [3.05, 3.63) is 28.1 Å². The fraction of sp³-hybridized carbons (Fsp3) is 0.611. The highest BCUT2D eigenvalue weighted by Gasteiger charge is 2.33. The Morgan fingerprint density at radius 1 is 1.46 bits per heavy atom. The van der Waals surface area contributed by atoms with Crippen LogP contribution in [0.4, 0.5) is 0 Å². The zero-order valence-corrected chi connectivity index (χ0v) is 15.2. The van der Waals surface area contributed by atoms with Gasteiger partial charge in [-0.1, -0.05) is 27.2 Å². The first kappa shape index (κ1) is 17.1. The second-order valence-corrected chi connectivity index (χ2v) is 8.07. The summed E-state index contributed by atoms with van der Waals surface area (Å²) in [6, 6.07) is 1.74. The summed E-state index contributed by atoms with van der Waals surface area (Å²) in [7, 11) is 0. The van der Waals surface area contributed by atoms with Gasteiger partial charge in [0.25, 0.3) is 5.56 Å². The van der Waals surface area contributed by atoms with E-state index in [1.807, 2.05) is 5.38 Å². The molecule has 0 N–H and O–H groups in total. The number of carbonyl (C=O) groups is 1. The number of rotatable bonds is 4.